The summed E-state index contributed by atoms with van der Waals surface area (Å²) in [5.41, 5.74) is 9.63. The number of para-hydroxylation sites is 2. The van der Waals surface area contributed by atoms with E-state index in [-0.39, 0.29) is 5.41 Å². The molecule has 1 heteroatoms. The summed E-state index contributed by atoms with van der Waals surface area (Å²) in [5.74, 6) is 0.398. The Hall–Kier alpha value is -3.32. The van der Waals surface area contributed by atoms with Crippen LogP contribution in [-0.2, 0) is 0 Å². The fraction of sp³-hybridized carbons (Fsp3) is 0.172. The summed E-state index contributed by atoms with van der Waals surface area (Å²) in [6.45, 7) is 7.08. The Kier molecular flexibility index (Phi) is 3.56. The summed E-state index contributed by atoms with van der Waals surface area (Å²) in [4.78, 5) is 0. The van der Waals surface area contributed by atoms with E-state index in [1.807, 2.05) is 0 Å². The Labute approximate surface area is 177 Å². The van der Waals surface area contributed by atoms with Gasteiger partial charge in [0.1, 0.15) is 0 Å². The van der Waals surface area contributed by atoms with Crippen LogP contribution in [0.2, 0.25) is 0 Å². The van der Waals surface area contributed by atoms with E-state index in [1.165, 1.54) is 49.7 Å². The molecular weight excluding hydrogens is 362 g/mol. The molecule has 0 saturated carbocycles. The molecule has 0 N–H and O–H groups in total. The molecule has 0 aliphatic heterocycles. The number of aromatic nitrogens is 1. The van der Waals surface area contributed by atoms with Gasteiger partial charge in [-0.2, -0.15) is 0 Å². The molecule has 6 rings (SSSR count). The first-order valence-corrected chi connectivity index (χ1v) is 10.8. The summed E-state index contributed by atoms with van der Waals surface area (Å²) in [6, 6.07) is 33.4. The largest absolute Gasteiger partial charge is 0.309 e. The van der Waals surface area contributed by atoms with Gasteiger partial charge in [0.2, 0.25) is 0 Å². The van der Waals surface area contributed by atoms with E-state index in [2.05, 4.69) is 116 Å². The van der Waals surface area contributed by atoms with E-state index in [9.17, 15) is 0 Å². The molecule has 146 valence electrons. The van der Waals surface area contributed by atoms with Crippen molar-refractivity contribution in [2.75, 3.05) is 0 Å². The minimum Gasteiger partial charge on any atom is -0.309 e. The van der Waals surface area contributed by atoms with Crippen molar-refractivity contribution in [3.63, 3.8) is 0 Å². The van der Waals surface area contributed by atoms with Crippen molar-refractivity contribution >= 4 is 21.8 Å². The number of rotatable bonds is 1. The lowest BCUT2D eigenvalue weighted by atomic mass is 9.75. The fourth-order valence-corrected chi connectivity index (χ4v) is 5.45. The number of hydrogen-bond acceptors (Lipinski definition) is 0. The second-order valence-electron chi connectivity index (χ2n) is 9.53. The third-order valence-corrected chi connectivity index (χ3v) is 6.60. The SMILES string of the molecule is CC(C)(C)C1c2ccccc2-c2cc3c4ccccc4n(-c4ccccc4)c3cc21. The van der Waals surface area contributed by atoms with Crippen molar-refractivity contribution in [3.8, 4) is 16.8 Å². The van der Waals surface area contributed by atoms with Crippen LogP contribution in [0.25, 0.3) is 38.6 Å². The van der Waals surface area contributed by atoms with E-state index >= 15 is 0 Å². The van der Waals surface area contributed by atoms with E-state index in [0.717, 1.165) is 0 Å². The van der Waals surface area contributed by atoms with Crippen LogP contribution < -0.4 is 0 Å². The van der Waals surface area contributed by atoms with Crippen molar-refractivity contribution in [1.29, 1.82) is 0 Å². The maximum absolute atomic E-state index is 2.47. The predicted octanol–water partition coefficient (Wildman–Crippen LogP) is 7.94. The average molecular weight is 388 g/mol. The molecule has 0 bridgehead atoms. The van der Waals surface area contributed by atoms with E-state index in [1.54, 1.807) is 0 Å². The Bertz CT molecular complexity index is 1410. The molecule has 1 heterocycles. The molecule has 1 aliphatic rings. The summed E-state index contributed by atoms with van der Waals surface area (Å²) < 4.78 is 2.42. The minimum atomic E-state index is 0.151. The zero-order valence-corrected chi connectivity index (χ0v) is 17.7. The number of fused-ring (bicyclic) bond motifs is 6. The molecule has 1 unspecified atom stereocenters. The van der Waals surface area contributed by atoms with Crippen molar-refractivity contribution in [3.05, 3.63) is 102 Å². The normalized spacial score (nSPS) is 15.5. The maximum Gasteiger partial charge on any atom is 0.0544 e. The van der Waals surface area contributed by atoms with Gasteiger partial charge in [-0.05, 0) is 58.0 Å². The highest BCUT2D eigenvalue weighted by Crippen LogP contribution is 2.54. The van der Waals surface area contributed by atoms with Gasteiger partial charge >= 0.3 is 0 Å². The van der Waals surface area contributed by atoms with Gasteiger partial charge in [0.15, 0.2) is 0 Å². The molecule has 30 heavy (non-hydrogen) atoms. The summed E-state index contributed by atoms with van der Waals surface area (Å²) >= 11 is 0. The number of nitrogens with zero attached hydrogens (tertiary/aromatic N) is 1. The lowest BCUT2D eigenvalue weighted by Gasteiger charge is -2.29. The molecule has 0 saturated heterocycles. The third kappa shape index (κ3) is 2.35. The number of benzene rings is 4. The Morgan fingerprint density at radius 2 is 1.30 bits per heavy atom. The molecule has 0 amide bonds. The monoisotopic (exact) mass is 387 g/mol. The summed E-state index contributed by atoms with van der Waals surface area (Å²) in [6.07, 6.45) is 0. The maximum atomic E-state index is 2.47. The first-order valence-electron chi connectivity index (χ1n) is 10.8. The Morgan fingerprint density at radius 3 is 2.10 bits per heavy atom. The van der Waals surface area contributed by atoms with Crippen LogP contribution >= 0.6 is 0 Å². The van der Waals surface area contributed by atoms with E-state index < -0.39 is 0 Å². The minimum absolute atomic E-state index is 0.151. The zero-order chi connectivity index (χ0) is 20.5. The molecule has 4 aromatic carbocycles. The zero-order valence-electron chi connectivity index (χ0n) is 17.7. The van der Waals surface area contributed by atoms with Crippen LogP contribution in [0.3, 0.4) is 0 Å². The molecule has 1 aromatic heterocycles. The average Bonchev–Trinajstić information content (AvgIpc) is 3.25. The quantitative estimate of drug-likeness (QED) is 0.275. The Balaban J connectivity index is 1.76. The van der Waals surface area contributed by atoms with Crippen molar-refractivity contribution < 1.29 is 0 Å². The molecule has 1 atom stereocenters. The second kappa shape index (κ2) is 6.09. The molecule has 0 spiro atoms. The highest BCUT2D eigenvalue weighted by Gasteiger charge is 2.37. The highest BCUT2D eigenvalue weighted by molar-refractivity contribution is 6.11. The molecule has 1 nitrogen and oxygen atoms in total. The van der Waals surface area contributed by atoms with Crippen LogP contribution in [0.5, 0.6) is 0 Å². The van der Waals surface area contributed by atoms with Crippen LogP contribution in [-0.4, -0.2) is 4.57 Å². The topological polar surface area (TPSA) is 4.93 Å². The van der Waals surface area contributed by atoms with E-state index in [4.69, 9.17) is 0 Å². The van der Waals surface area contributed by atoms with Gasteiger partial charge in [-0.25, -0.2) is 0 Å². The molecular formula is C29H25N. The smallest absolute Gasteiger partial charge is 0.0544 e. The summed E-state index contributed by atoms with van der Waals surface area (Å²) in [7, 11) is 0. The van der Waals surface area contributed by atoms with Crippen molar-refractivity contribution in [1.82, 2.24) is 4.57 Å². The third-order valence-electron chi connectivity index (χ3n) is 6.60. The van der Waals surface area contributed by atoms with E-state index in [0.29, 0.717) is 5.92 Å². The molecule has 1 aliphatic carbocycles. The predicted molar refractivity (Wildman–Crippen MR) is 128 cm³/mol. The van der Waals surface area contributed by atoms with Gasteiger partial charge in [-0.15, -0.1) is 0 Å². The van der Waals surface area contributed by atoms with Gasteiger partial charge in [0.25, 0.3) is 0 Å². The van der Waals surface area contributed by atoms with Gasteiger partial charge in [-0.1, -0.05) is 81.4 Å². The number of hydrogen-bond donors (Lipinski definition) is 0. The van der Waals surface area contributed by atoms with Crippen LogP contribution in [0.1, 0.15) is 37.8 Å². The van der Waals surface area contributed by atoms with Crippen molar-refractivity contribution in [2.45, 2.75) is 26.7 Å². The molecule has 0 radical (unpaired) electrons. The van der Waals surface area contributed by atoms with Crippen LogP contribution in [0.15, 0.2) is 91.0 Å². The lowest BCUT2D eigenvalue weighted by molar-refractivity contribution is 0.363. The van der Waals surface area contributed by atoms with Crippen molar-refractivity contribution in [2.24, 2.45) is 5.41 Å². The molecule has 5 aromatic rings. The summed E-state index contributed by atoms with van der Waals surface area (Å²) in [5, 5.41) is 2.65. The standard InChI is InChI=1S/C29H25N/c1-29(2,3)28-22-15-8-7-13-20(22)23-17-24-21-14-9-10-16-26(21)30(27(24)18-25(23)28)19-11-5-4-6-12-19/h4-18,28H,1-3H3. The molecule has 0 fully saturated rings. The van der Waals surface area contributed by atoms with Gasteiger partial charge in [-0.3, -0.25) is 0 Å². The van der Waals surface area contributed by atoms with Crippen LogP contribution in [0.4, 0.5) is 0 Å². The van der Waals surface area contributed by atoms with Crippen LogP contribution in [0, 0.1) is 5.41 Å². The Morgan fingerprint density at radius 1 is 0.600 bits per heavy atom. The fourth-order valence-electron chi connectivity index (χ4n) is 5.45. The first kappa shape index (κ1) is 17.5. The highest BCUT2D eigenvalue weighted by atomic mass is 15.0. The lowest BCUT2D eigenvalue weighted by Crippen LogP contribution is -2.17. The second-order valence-corrected chi connectivity index (χ2v) is 9.53. The van der Waals surface area contributed by atoms with Gasteiger partial charge in [0, 0.05) is 22.4 Å². The van der Waals surface area contributed by atoms with Gasteiger partial charge < -0.3 is 4.57 Å². The first-order chi connectivity index (χ1) is 14.5. The van der Waals surface area contributed by atoms with Gasteiger partial charge in [0.05, 0.1) is 11.0 Å².